The van der Waals surface area contributed by atoms with E-state index < -0.39 is 9.84 Å². The van der Waals surface area contributed by atoms with E-state index in [4.69, 9.17) is 11.0 Å². The van der Waals surface area contributed by atoms with Crippen molar-refractivity contribution in [2.24, 2.45) is 5.92 Å². The molecule has 0 fully saturated rings. The van der Waals surface area contributed by atoms with Crippen molar-refractivity contribution in [3.63, 3.8) is 0 Å². The maximum atomic E-state index is 11.7. The zero-order chi connectivity index (χ0) is 14.1. The maximum Gasteiger partial charge on any atom is 0.180 e. The van der Waals surface area contributed by atoms with Crippen molar-refractivity contribution < 1.29 is 8.42 Å². The molecule has 1 heterocycles. The Morgan fingerprint density at radius 3 is 2.33 bits per heavy atom. The van der Waals surface area contributed by atoms with E-state index in [1.807, 2.05) is 26.8 Å². The Kier molecular flexibility index (Phi) is 4.24. The first-order valence-electron chi connectivity index (χ1n) is 5.47. The minimum atomic E-state index is -3.45. The average molecular weight is 287 g/mol. The van der Waals surface area contributed by atoms with Gasteiger partial charge in [-0.1, -0.05) is 13.8 Å². The van der Waals surface area contributed by atoms with Crippen LogP contribution < -0.4 is 11.1 Å². The first-order valence-corrected chi connectivity index (χ1v) is 8.18. The molecular weight excluding hydrogens is 270 g/mol. The van der Waals surface area contributed by atoms with E-state index in [9.17, 15) is 8.42 Å². The number of nitrogen functional groups attached to an aromatic ring is 1. The summed E-state index contributed by atoms with van der Waals surface area (Å²) in [5.74, 6) is 0.339. The summed E-state index contributed by atoms with van der Waals surface area (Å²) in [6.45, 7) is 6.01. The van der Waals surface area contributed by atoms with E-state index in [-0.39, 0.29) is 21.5 Å². The Morgan fingerprint density at radius 1 is 1.39 bits per heavy atom. The van der Waals surface area contributed by atoms with Crippen LogP contribution in [0.3, 0.4) is 0 Å². The predicted molar refractivity (Wildman–Crippen MR) is 74.5 cm³/mol. The Hall–Kier alpha value is -1.26. The minimum absolute atomic E-state index is 0.0385. The van der Waals surface area contributed by atoms with Crippen molar-refractivity contribution >= 4 is 31.9 Å². The number of nitrogens with zero attached hydrogens (tertiary/aromatic N) is 1. The third-order valence-corrected chi connectivity index (χ3v) is 5.07. The summed E-state index contributed by atoms with van der Waals surface area (Å²) in [7, 11) is -3.45. The number of nitrogens with one attached hydrogen (secondary N) is 1. The highest BCUT2D eigenvalue weighted by molar-refractivity contribution is 7.91. The van der Waals surface area contributed by atoms with Gasteiger partial charge in [-0.05, 0) is 12.8 Å². The molecule has 0 saturated carbocycles. The lowest BCUT2D eigenvalue weighted by Crippen LogP contribution is -2.21. The lowest BCUT2D eigenvalue weighted by Gasteiger charge is -2.18. The van der Waals surface area contributed by atoms with Crippen LogP contribution in [0.25, 0.3) is 0 Å². The monoisotopic (exact) mass is 287 g/mol. The second kappa shape index (κ2) is 5.16. The minimum Gasteiger partial charge on any atom is -0.396 e. The molecule has 0 aromatic carbocycles. The van der Waals surface area contributed by atoms with E-state index in [1.54, 1.807) is 0 Å². The molecule has 0 aliphatic heterocycles. The second-order valence-corrected chi connectivity index (χ2v) is 7.54. The van der Waals surface area contributed by atoms with E-state index in [0.29, 0.717) is 10.9 Å². The first-order chi connectivity index (χ1) is 8.18. The van der Waals surface area contributed by atoms with Gasteiger partial charge in [0.05, 0.1) is 5.69 Å². The summed E-state index contributed by atoms with van der Waals surface area (Å²) in [6.07, 6.45) is 1.10. The summed E-state index contributed by atoms with van der Waals surface area (Å²) in [4.78, 5) is 0.269. The van der Waals surface area contributed by atoms with Crippen molar-refractivity contribution in [2.45, 2.75) is 31.7 Å². The van der Waals surface area contributed by atoms with E-state index in [0.717, 1.165) is 17.6 Å². The maximum absolute atomic E-state index is 11.7. The summed E-state index contributed by atoms with van der Waals surface area (Å²) in [6, 6.07) is 2.01. The van der Waals surface area contributed by atoms with Gasteiger partial charge >= 0.3 is 0 Å². The molecule has 0 aliphatic carbocycles. The molecule has 5 nitrogen and oxygen atoms in total. The molecule has 18 heavy (non-hydrogen) atoms. The normalized spacial score (nSPS) is 13.3. The van der Waals surface area contributed by atoms with Crippen LogP contribution in [-0.4, -0.2) is 20.7 Å². The van der Waals surface area contributed by atoms with Crippen LogP contribution in [0, 0.1) is 17.2 Å². The first kappa shape index (κ1) is 14.8. The Morgan fingerprint density at radius 2 is 1.94 bits per heavy atom. The molecule has 0 amide bonds. The second-order valence-electron chi connectivity index (χ2n) is 4.56. The molecule has 1 rings (SSSR count). The van der Waals surface area contributed by atoms with Crippen LogP contribution in [0.1, 0.15) is 25.6 Å². The van der Waals surface area contributed by atoms with Gasteiger partial charge in [0.25, 0.3) is 0 Å². The molecule has 1 unspecified atom stereocenters. The van der Waals surface area contributed by atoms with Crippen molar-refractivity contribution in [1.82, 2.24) is 0 Å². The van der Waals surface area contributed by atoms with Gasteiger partial charge in [0.2, 0.25) is 0 Å². The third kappa shape index (κ3) is 2.94. The molecule has 7 heteroatoms. The molecule has 0 bridgehead atoms. The Bertz CT molecular complexity index is 582. The Balaban J connectivity index is 3.33. The summed E-state index contributed by atoms with van der Waals surface area (Å²) < 4.78 is 23.5. The van der Waals surface area contributed by atoms with Crippen LogP contribution in [-0.2, 0) is 9.84 Å². The number of nitriles is 1. The number of hydrogen-bond donors (Lipinski definition) is 2. The number of nitrogens with two attached hydrogens (primary N) is 1. The fourth-order valence-corrected chi connectivity index (χ4v) is 3.80. The van der Waals surface area contributed by atoms with E-state index in [1.165, 1.54) is 0 Å². The third-order valence-electron chi connectivity index (χ3n) is 2.73. The SMILES string of the molecule is CC(C)C(C)Nc1sc(C#N)c(N)c1S(C)(=O)=O. The fraction of sp³-hybridized carbons (Fsp3) is 0.545. The van der Waals surface area contributed by atoms with Gasteiger partial charge in [0.1, 0.15) is 20.8 Å². The molecule has 1 atom stereocenters. The standard InChI is InChI=1S/C11H17N3O2S2/c1-6(2)7(3)14-11-10(18(4,15)16)9(13)8(5-12)17-11/h6-7,14H,13H2,1-4H3. The molecule has 100 valence electrons. The van der Waals surface area contributed by atoms with Crippen LogP contribution in [0.2, 0.25) is 0 Å². The smallest absolute Gasteiger partial charge is 0.180 e. The van der Waals surface area contributed by atoms with Gasteiger partial charge in [-0.25, -0.2) is 8.42 Å². The van der Waals surface area contributed by atoms with E-state index >= 15 is 0 Å². The van der Waals surface area contributed by atoms with Gasteiger partial charge in [-0.2, -0.15) is 5.26 Å². The highest BCUT2D eigenvalue weighted by Gasteiger charge is 2.25. The fourth-order valence-electron chi connectivity index (χ4n) is 1.35. The van der Waals surface area contributed by atoms with Crippen molar-refractivity contribution in [2.75, 3.05) is 17.3 Å². The largest absolute Gasteiger partial charge is 0.396 e. The summed E-state index contributed by atoms with van der Waals surface area (Å²) in [5, 5.41) is 12.5. The highest BCUT2D eigenvalue weighted by Crippen LogP contribution is 2.39. The molecule has 0 radical (unpaired) electrons. The van der Waals surface area contributed by atoms with E-state index in [2.05, 4.69) is 5.32 Å². The number of anilines is 2. The number of thiophene rings is 1. The van der Waals surface area contributed by atoms with Crippen LogP contribution in [0.4, 0.5) is 10.7 Å². The number of rotatable bonds is 4. The zero-order valence-corrected chi connectivity index (χ0v) is 12.4. The van der Waals surface area contributed by atoms with Crippen LogP contribution in [0.5, 0.6) is 0 Å². The van der Waals surface area contributed by atoms with Crippen LogP contribution >= 0.6 is 11.3 Å². The number of sulfone groups is 1. The number of hydrogen-bond acceptors (Lipinski definition) is 6. The molecule has 1 aromatic rings. The molecule has 0 spiro atoms. The summed E-state index contributed by atoms with van der Waals surface area (Å²) >= 11 is 1.08. The van der Waals surface area contributed by atoms with Gasteiger partial charge in [0, 0.05) is 12.3 Å². The van der Waals surface area contributed by atoms with Gasteiger partial charge in [0.15, 0.2) is 9.84 Å². The van der Waals surface area contributed by atoms with Crippen molar-refractivity contribution in [1.29, 1.82) is 5.26 Å². The summed E-state index contributed by atoms with van der Waals surface area (Å²) in [5.41, 5.74) is 5.77. The van der Waals surface area contributed by atoms with Gasteiger partial charge in [-0.15, -0.1) is 11.3 Å². The van der Waals surface area contributed by atoms with Crippen LogP contribution in [0.15, 0.2) is 4.90 Å². The molecule has 3 N–H and O–H groups in total. The Labute approximate surface area is 112 Å². The van der Waals surface area contributed by atoms with Gasteiger partial charge in [-0.3, -0.25) is 0 Å². The van der Waals surface area contributed by atoms with Gasteiger partial charge < -0.3 is 11.1 Å². The quantitative estimate of drug-likeness (QED) is 0.883. The zero-order valence-electron chi connectivity index (χ0n) is 10.8. The lowest BCUT2D eigenvalue weighted by atomic mass is 10.1. The average Bonchev–Trinajstić information content (AvgIpc) is 2.53. The lowest BCUT2D eigenvalue weighted by molar-refractivity contribution is 0.559. The topological polar surface area (TPSA) is 96.0 Å². The molecular formula is C11H17N3O2S2. The molecule has 0 aliphatic rings. The predicted octanol–water partition coefficient (Wildman–Crippen LogP) is 2.06. The highest BCUT2D eigenvalue weighted by atomic mass is 32.2. The molecule has 1 aromatic heterocycles. The van der Waals surface area contributed by atoms with Crippen molar-refractivity contribution in [3.05, 3.63) is 4.88 Å². The molecule has 0 saturated heterocycles. The van der Waals surface area contributed by atoms with Crippen molar-refractivity contribution in [3.8, 4) is 6.07 Å².